The molecule has 1 fully saturated rings. The van der Waals surface area contributed by atoms with Crippen molar-refractivity contribution in [3.63, 3.8) is 0 Å². The van der Waals surface area contributed by atoms with Gasteiger partial charge in [-0.2, -0.15) is 0 Å². The Labute approximate surface area is 103 Å². The Morgan fingerprint density at radius 2 is 1.94 bits per heavy atom. The summed E-state index contributed by atoms with van der Waals surface area (Å²) in [7, 11) is 5.42. The third-order valence-corrected chi connectivity index (χ3v) is 3.77. The molecule has 1 aliphatic rings. The third kappa shape index (κ3) is 2.25. The largest absolute Gasteiger partial charge is 0.497 e. The molecule has 0 aromatic heterocycles. The molecule has 0 aliphatic heterocycles. The number of ether oxygens (including phenoxy) is 2. The van der Waals surface area contributed by atoms with Gasteiger partial charge in [0.1, 0.15) is 11.5 Å². The molecule has 0 spiro atoms. The minimum Gasteiger partial charge on any atom is -0.497 e. The maximum absolute atomic E-state index is 5.46. The summed E-state index contributed by atoms with van der Waals surface area (Å²) in [5, 5.41) is 3.41. The van der Waals surface area contributed by atoms with Crippen LogP contribution in [-0.2, 0) is 0 Å². The normalized spacial score (nSPS) is 18.6. The zero-order chi connectivity index (χ0) is 12.5. The van der Waals surface area contributed by atoms with Gasteiger partial charge in [-0.15, -0.1) is 0 Å². The van der Waals surface area contributed by atoms with Crippen LogP contribution in [-0.4, -0.2) is 21.3 Å². The number of methoxy groups -OCH3 is 2. The van der Waals surface area contributed by atoms with E-state index in [4.69, 9.17) is 9.47 Å². The number of nitrogens with one attached hydrogen (secondary N) is 1. The Balaban J connectivity index is 2.39. The van der Waals surface area contributed by atoms with Gasteiger partial charge in [0.2, 0.25) is 0 Å². The van der Waals surface area contributed by atoms with E-state index in [1.165, 1.54) is 18.4 Å². The van der Waals surface area contributed by atoms with Gasteiger partial charge in [0.25, 0.3) is 0 Å². The summed E-state index contributed by atoms with van der Waals surface area (Å²) in [6.07, 6.45) is 2.53. The monoisotopic (exact) mass is 235 g/mol. The SMILES string of the molecule is CNC(c1cc(OC)ccc1OC)C1(C)CC1. The van der Waals surface area contributed by atoms with E-state index in [0.717, 1.165) is 11.5 Å². The zero-order valence-electron chi connectivity index (χ0n) is 11.0. The molecule has 1 unspecified atom stereocenters. The molecule has 0 radical (unpaired) electrons. The molecule has 0 amide bonds. The topological polar surface area (TPSA) is 30.5 Å². The van der Waals surface area contributed by atoms with Gasteiger partial charge in [0.05, 0.1) is 14.2 Å². The second kappa shape index (κ2) is 4.57. The number of benzene rings is 1. The highest BCUT2D eigenvalue weighted by Crippen LogP contribution is 2.55. The highest BCUT2D eigenvalue weighted by molar-refractivity contribution is 5.43. The highest BCUT2D eigenvalue weighted by Gasteiger charge is 2.45. The van der Waals surface area contributed by atoms with Crippen molar-refractivity contribution < 1.29 is 9.47 Å². The van der Waals surface area contributed by atoms with Crippen molar-refractivity contribution >= 4 is 0 Å². The molecule has 1 aromatic rings. The van der Waals surface area contributed by atoms with Crippen LogP contribution in [0.3, 0.4) is 0 Å². The van der Waals surface area contributed by atoms with Gasteiger partial charge in [-0.25, -0.2) is 0 Å². The first-order chi connectivity index (χ1) is 8.14. The summed E-state index contributed by atoms with van der Waals surface area (Å²) >= 11 is 0. The van der Waals surface area contributed by atoms with Crippen molar-refractivity contribution in [2.24, 2.45) is 5.41 Å². The molecule has 1 N–H and O–H groups in total. The second-order valence-corrected chi connectivity index (χ2v) is 4.98. The minimum absolute atomic E-state index is 0.326. The van der Waals surface area contributed by atoms with E-state index in [0.29, 0.717) is 11.5 Å². The van der Waals surface area contributed by atoms with E-state index in [9.17, 15) is 0 Å². The van der Waals surface area contributed by atoms with E-state index in [1.807, 2.05) is 19.2 Å². The molecule has 3 nitrogen and oxygen atoms in total. The lowest BCUT2D eigenvalue weighted by Crippen LogP contribution is -2.25. The highest BCUT2D eigenvalue weighted by atomic mass is 16.5. The molecule has 2 rings (SSSR count). The second-order valence-electron chi connectivity index (χ2n) is 4.98. The lowest BCUT2D eigenvalue weighted by molar-refractivity contribution is 0.353. The van der Waals surface area contributed by atoms with E-state index >= 15 is 0 Å². The van der Waals surface area contributed by atoms with Crippen LogP contribution in [0.1, 0.15) is 31.4 Å². The quantitative estimate of drug-likeness (QED) is 0.851. The molecule has 1 aromatic carbocycles. The van der Waals surface area contributed by atoms with Crippen LogP contribution in [0.25, 0.3) is 0 Å². The van der Waals surface area contributed by atoms with Gasteiger partial charge in [0, 0.05) is 11.6 Å². The molecule has 0 bridgehead atoms. The maximum atomic E-state index is 5.46. The van der Waals surface area contributed by atoms with Gasteiger partial charge in [-0.3, -0.25) is 0 Å². The van der Waals surface area contributed by atoms with Gasteiger partial charge in [-0.05, 0) is 43.5 Å². The zero-order valence-corrected chi connectivity index (χ0v) is 11.0. The molecule has 17 heavy (non-hydrogen) atoms. The summed E-state index contributed by atoms with van der Waals surface area (Å²) in [5.41, 5.74) is 1.54. The van der Waals surface area contributed by atoms with Crippen LogP contribution >= 0.6 is 0 Å². The molecule has 3 heteroatoms. The molecular formula is C14H21NO2. The molecule has 1 aliphatic carbocycles. The summed E-state index contributed by atoms with van der Waals surface area (Å²) in [6.45, 7) is 2.31. The van der Waals surface area contributed by atoms with Crippen molar-refractivity contribution in [3.05, 3.63) is 23.8 Å². The fraction of sp³-hybridized carbons (Fsp3) is 0.571. The lowest BCUT2D eigenvalue weighted by Gasteiger charge is -2.25. The Morgan fingerprint density at radius 1 is 1.24 bits per heavy atom. The Kier molecular flexibility index (Phi) is 3.29. The van der Waals surface area contributed by atoms with Crippen molar-refractivity contribution in [3.8, 4) is 11.5 Å². The van der Waals surface area contributed by atoms with Crippen LogP contribution < -0.4 is 14.8 Å². The summed E-state index contributed by atoms with van der Waals surface area (Å²) in [6, 6.07) is 6.31. The average molecular weight is 235 g/mol. The molecular weight excluding hydrogens is 214 g/mol. The Bertz CT molecular complexity index is 399. The van der Waals surface area contributed by atoms with E-state index < -0.39 is 0 Å². The first-order valence-electron chi connectivity index (χ1n) is 6.04. The van der Waals surface area contributed by atoms with Crippen LogP contribution in [0.2, 0.25) is 0 Å². The van der Waals surface area contributed by atoms with Crippen LogP contribution in [0.5, 0.6) is 11.5 Å². The lowest BCUT2D eigenvalue weighted by atomic mass is 9.91. The maximum Gasteiger partial charge on any atom is 0.123 e. The van der Waals surface area contributed by atoms with Gasteiger partial charge < -0.3 is 14.8 Å². The molecule has 0 heterocycles. The van der Waals surface area contributed by atoms with Crippen molar-refractivity contribution in [1.29, 1.82) is 0 Å². The first-order valence-corrected chi connectivity index (χ1v) is 6.04. The van der Waals surface area contributed by atoms with Gasteiger partial charge in [0.15, 0.2) is 0 Å². The van der Waals surface area contributed by atoms with Crippen molar-refractivity contribution in [2.75, 3.05) is 21.3 Å². The van der Waals surface area contributed by atoms with Crippen LogP contribution in [0.15, 0.2) is 18.2 Å². The third-order valence-electron chi connectivity index (χ3n) is 3.77. The average Bonchev–Trinajstić information content (AvgIpc) is 3.08. The molecule has 1 atom stereocenters. The summed E-state index contributed by atoms with van der Waals surface area (Å²) in [5.74, 6) is 1.81. The molecule has 1 saturated carbocycles. The number of hydrogen-bond donors (Lipinski definition) is 1. The Hall–Kier alpha value is -1.22. The molecule has 94 valence electrons. The predicted octanol–water partition coefficient (Wildman–Crippen LogP) is 2.76. The number of rotatable bonds is 5. The van der Waals surface area contributed by atoms with E-state index in [1.54, 1.807) is 14.2 Å². The fourth-order valence-corrected chi connectivity index (χ4v) is 2.43. The Morgan fingerprint density at radius 3 is 2.41 bits per heavy atom. The molecule has 0 saturated heterocycles. The fourth-order valence-electron chi connectivity index (χ4n) is 2.43. The van der Waals surface area contributed by atoms with Crippen molar-refractivity contribution in [1.82, 2.24) is 5.32 Å². The van der Waals surface area contributed by atoms with Crippen molar-refractivity contribution in [2.45, 2.75) is 25.8 Å². The summed E-state index contributed by atoms with van der Waals surface area (Å²) < 4.78 is 10.8. The number of hydrogen-bond acceptors (Lipinski definition) is 3. The van der Waals surface area contributed by atoms with E-state index in [-0.39, 0.29) is 0 Å². The van der Waals surface area contributed by atoms with Crippen LogP contribution in [0.4, 0.5) is 0 Å². The van der Waals surface area contributed by atoms with E-state index in [2.05, 4.69) is 18.3 Å². The smallest absolute Gasteiger partial charge is 0.123 e. The minimum atomic E-state index is 0.326. The van der Waals surface area contributed by atoms with Gasteiger partial charge in [-0.1, -0.05) is 6.92 Å². The van der Waals surface area contributed by atoms with Gasteiger partial charge >= 0.3 is 0 Å². The standard InChI is InChI=1S/C14H21NO2/c1-14(7-8-14)13(15-2)11-9-10(16-3)5-6-12(11)17-4/h5-6,9,13,15H,7-8H2,1-4H3. The first kappa shape index (κ1) is 12.2. The summed E-state index contributed by atoms with van der Waals surface area (Å²) in [4.78, 5) is 0. The predicted molar refractivity (Wildman–Crippen MR) is 68.7 cm³/mol. The van der Waals surface area contributed by atoms with Crippen LogP contribution in [0, 0.1) is 5.41 Å².